The largest absolute Gasteiger partial charge is 0.477 e. The first-order chi connectivity index (χ1) is 12.0. The lowest BCUT2D eigenvalue weighted by atomic mass is 10.1. The average Bonchev–Trinajstić information content (AvgIpc) is 3.01. The molecule has 0 aliphatic heterocycles. The lowest BCUT2D eigenvalue weighted by Crippen LogP contribution is -2.16. The van der Waals surface area contributed by atoms with E-state index in [1.54, 1.807) is 12.1 Å². The van der Waals surface area contributed by atoms with Crippen LogP contribution in [0, 0.1) is 5.82 Å². The van der Waals surface area contributed by atoms with E-state index < -0.39 is 17.7 Å². The molecule has 2 heterocycles. The van der Waals surface area contributed by atoms with E-state index in [9.17, 15) is 19.1 Å². The lowest BCUT2D eigenvalue weighted by molar-refractivity contribution is -0.115. The second-order valence-corrected chi connectivity index (χ2v) is 5.13. The maximum absolute atomic E-state index is 12.9. The Morgan fingerprint density at radius 2 is 1.80 bits per heavy atom. The van der Waals surface area contributed by atoms with Gasteiger partial charge in [-0.15, -0.1) is 0 Å². The summed E-state index contributed by atoms with van der Waals surface area (Å²) in [5.74, 6) is -2.46. The van der Waals surface area contributed by atoms with Crippen LogP contribution in [0.15, 0.2) is 53.3 Å². The lowest BCUT2D eigenvalue weighted by Gasteiger charge is -2.03. The summed E-state index contributed by atoms with van der Waals surface area (Å²) >= 11 is 0. The van der Waals surface area contributed by atoms with Crippen molar-refractivity contribution in [3.05, 3.63) is 65.7 Å². The maximum Gasteiger partial charge on any atom is 0.343 e. The highest BCUT2D eigenvalue weighted by Gasteiger charge is 2.25. The van der Waals surface area contributed by atoms with E-state index in [0.29, 0.717) is 11.1 Å². The van der Waals surface area contributed by atoms with Crippen molar-refractivity contribution in [3.8, 4) is 11.3 Å². The van der Waals surface area contributed by atoms with Gasteiger partial charge in [-0.05, 0) is 29.8 Å². The summed E-state index contributed by atoms with van der Waals surface area (Å²) in [5.41, 5.74) is 0.908. The van der Waals surface area contributed by atoms with Crippen molar-refractivity contribution < 1.29 is 23.6 Å². The van der Waals surface area contributed by atoms with Crippen LogP contribution in [0.5, 0.6) is 0 Å². The number of pyridine rings is 1. The summed E-state index contributed by atoms with van der Waals surface area (Å²) in [6.45, 7) is 0. The molecule has 1 aromatic carbocycles. The van der Waals surface area contributed by atoms with Crippen molar-refractivity contribution in [3.63, 3.8) is 0 Å². The molecule has 25 heavy (non-hydrogen) atoms. The molecule has 0 unspecified atom stereocenters. The zero-order valence-electron chi connectivity index (χ0n) is 12.8. The molecule has 0 saturated carbocycles. The number of aromatic nitrogens is 2. The number of hydrogen-bond donors (Lipinski definition) is 2. The van der Waals surface area contributed by atoms with Crippen LogP contribution in [0.2, 0.25) is 0 Å². The molecule has 0 aliphatic carbocycles. The number of carboxylic acids is 1. The fourth-order valence-corrected chi connectivity index (χ4v) is 2.24. The molecule has 0 aliphatic rings. The van der Waals surface area contributed by atoms with Crippen LogP contribution in [0.1, 0.15) is 15.9 Å². The Kier molecular flexibility index (Phi) is 4.51. The number of rotatable bonds is 5. The van der Waals surface area contributed by atoms with Crippen LogP contribution < -0.4 is 5.32 Å². The van der Waals surface area contributed by atoms with Gasteiger partial charge in [-0.2, -0.15) is 0 Å². The Hall–Kier alpha value is -3.55. The number of nitrogens with zero attached hydrogens (tertiary/aromatic N) is 2. The first-order valence-electron chi connectivity index (χ1n) is 7.22. The molecule has 3 aromatic rings. The van der Waals surface area contributed by atoms with Crippen molar-refractivity contribution >= 4 is 17.8 Å². The molecule has 0 radical (unpaired) electrons. The molecule has 1 amide bonds. The molecule has 0 fully saturated rings. The second kappa shape index (κ2) is 6.91. The van der Waals surface area contributed by atoms with Gasteiger partial charge in [-0.25, -0.2) is 9.18 Å². The first-order valence-corrected chi connectivity index (χ1v) is 7.22. The highest BCUT2D eigenvalue weighted by molar-refractivity contribution is 6.03. The van der Waals surface area contributed by atoms with Crippen LogP contribution in [0.4, 0.5) is 10.3 Å². The zero-order valence-corrected chi connectivity index (χ0v) is 12.8. The zero-order chi connectivity index (χ0) is 17.8. The molecular formula is C17H12FN3O4. The predicted octanol–water partition coefficient (Wildman–Crippen LogP) is 2.76. The fraction of sp³-hybridized carbons (Fsp3) is 0.0588. The van der Waals surface area contributed by atoms with Gasteiger partial charge in [0, 0.05) is 18.0 Å². The Bertz CT molecular complexity index is 907. The van der Waals surface area contributed by atoms with Crippen molar-refractivity contribution in [1.29, 1.82) is 0 Å². The minimum absolute atomic E-state index is 0.0649. The molecule has 7 nitrogen and oxygen atoms in total. The monoisotopic (exact) mass is 341 g/mol. The van der Waals surface area contributed by atoms with E-state index in [1.807, 2.05) is 0 Å². The number of carbonyl (C=O) groups is 2. The molecule has 0 saturated heterocycles. The van der Waals surface area contributed by atoms with E-state index in [2.05, 4.69) is 15.5 Å². The summed E-state index contributed by atoms with van der Waals surface area (Å²) in [5, 5.41) is 15.5. The highest BCUT2D eigenvalue weighted by atomic mass is 19.1. The summed E-state index contributed by atoms with van der Waals surface area (Å²) in [7, 11) is 0. The summed E-state index contributed by atoms with van der Waals surface area (Å²) < 4.78 is 17.9. The third kappa shape index (κ3) is 3.69. The Labute approximate surface area is 141 Å². The van der Waals surface area contributed by atoms with E-state index in [0.717, 1.165) is 0 Å². The molecule has 126 valence electrons. The number of nitrogens with one attached hydrogen (secondary N) is 1. The highest BCUT2D eigenvalue weighted by Crippen LogP contribution is 2.28. The number of aromatic carboxylic acids is 1. The summed E-state index contributed by atoms with van der Waals surface area (Å²) in [6.07, 6.45) is 2.91. The topological polar surface area (TPSA) is 105 Å². The van der Waals surface area contributed by atoms with Gasteiger partial charge < -0.3 is 9.63 Å². The predicted molar refractivity (Wildman–Crippen MR) is 85.4 cm³/mol. The van der Waals surface area contributed by atoms with Gasteiger partial charge in [0.15, 0.2) is 5.56 Å². The smallest absolute Gasteiger partial charge is 0.343 e. The molecule has 0 bridgehead atoms. The standard InChI is InChI=1S/C17H12FN3O4/c18-12-3-1-10(2-4-12)9-13(22)20-16-14(17(23)24)15(21-25-16)11-5-7-19-8-6-11/h1-8H,9H2,(H,20,22)(H,23,24). The Balaban J connectivity index is 1.83. The van der Waals surface area contributed by atoms with E-state index >= 15 is 0 Å². The van der Waals surface area contributed by atoms with Crippen molar-refractivity contribution in [1.82, 2.24) is 10.1 Å². The number of benzene rings is 1. The number of carbonyl (C=O) groups excluding carboxylic acids is 1. The average molecular weight is 341 g/mol. The van der Waals surface area contributed by atoms with Gasteiger partial charge >= 0.3 is 5.97 Å². The van der Waals surface area contributed by atoms with Crippen LogP contribution in [-0.4, -0.2) is 27.1 Å². The molecule has 0 atom stereocenters. The second-order valence-electron chi connectivity index (χ2n) is 5.13. The number of halogens is 1. The number of hydrogen-bond acceptors (Lipinski definition) is 5. The fourth-order valence-electron chi connectivity index (χ4n) is 2.24. The van der Waals surface area contributed by atoms with Crippen molar-refractivity contribution in [2.45, 2.75) is 6.42 Å². The third-order valence-electron chi connectivity index (χ3n) is 3.39. The van der Waals surface area contributed by atoms with Gasteiger partial charge in [-0.3, -0.25) is 15.1 Å². The molecule has 3 rings (SSSR count). The molecule has 2 aromatic heterocycles. The van der Waals surface area contributed by atoms with Crippen LogP contribution in [0.3, 0.4) is 0 Å². The number of anilines is 1. The molecular weight excluding hydrogens is 329 g/mol. The number of carboxylic acid groups (broad SMARTS) is 1. The summed E-state index contributed by atoms with van der Waals surface area (Å²) in [6, 6.07) is 8.57. The SMILES string of the molecule is O=C(Cc1ccc(F)cc1)Nc1onc(-c2ccncc2)c1C(=O)O. The van der Waals surface area contributed by atoms with E-state index in [1.165, 1.54) is 36.7 Å². The van der Waals surface area contributed by atoms with Gasteiger partial charge in [0.25, 0.3) is 0 Å². The normalized spacial score (nSPS) is 10.4. The summed E-state index contributed by atoms with van der Waals surface area (Å²) in [4.78, 5) is 27.5. The quantitative estimate of drug-likeness (QED) is 0.739. The van der Waals surface area contributed by atoms with Crippen molar-refractivity contribution in [2.75, 3.05) is 5.32 Å². The van der Waals surface area contributed by atoms with Crippen LogP contribution >= 0.6 is 0 Å². The van der Waals surface area contributed by atoms with Gasteiger partial charge in [0.2, 0.25) is 11.8 Å². The first kappa shape index (κ1) is 16.3. The molecule has 8 heteroatoms. The third-order valence-corrected chi connectivity index (χ3v) is 3.39. The van der Waals surface area contributed by atoms with E-state index in [4.69, 9.17) is 4.52 Å². The number of amides is 1. The van der Waals surface area contributed by atoms with Crippen LogP contribution in [-0.2, 0) is 11.2 Å². The molecule has 0 spiro atoms. The van der Waals surface area contributed by atoms with Gasteiger partial charge in [0.05, 0.1) is 6.42 Å². The van der Waals surface area contributed by atoms with Gasteiger partial charge in [-0.1, -0.05) is 17.3 Å². The Morgan fingerprint density at radius 3 is 2.44 bits per heavy atom. The minimum atomic E-state index is -1.29. The minimum Gasteiger partial charge on any atom is -0.477 e. The van der Waals surface area contributed by atoms with E-state index in [-0.39, 0.29) is 23.6 Å². The van der Waals surface area contributed by atoms with Gasteiger partial charge in [0.1, 0.15) is 11.5 Å². The maximum atomic E-state index is 12.9. The van der Waals surface area contributed by atoms with Crippen LogP contribution in [0.25, 0.3) is 11.3 Å². The molecule has 2 N–H and O–H groups in total. The van der Waals surface area contributed by atoms with Crippen molar-refractivity contribution in [2.24, 2.45) is 0 Å². The Morgan fingerprint density at radius 1 is 1.12 bits per heavy atom.